The van der Waals surface area contributed by atoms with E-state index in [0.717, 1.165) is 24.2 Å². The highest BCUT2D eigenvalue weighted by Crippen LogP contribution is 2.18. The number of aromatic nitrogens is 3. The zero-order chi connectivity index (χ0) is 17.1. The molecule has 0 saturated carbocycles. The third-order valence-corrected chi connectivity index (χ3v) is 3.92. The van der Waals surface area contributed by atoms with Crippen molar-refractivity contribution in [2.75, 3.05) is 13.1 Å². The first-order chi connectivity index (χ1) is 11.5. The second-order valence-electron chi connectivity index (χ2n) is 6.02. The van der Waals surface area contributed by atoms with E-state index >= 15 is 0 Å². The first-order valence-electron chi connectivity index (χ1n) is 7.98. The van der Waals surface area contributed by atoms with E-state index < -0.39 is 0 Å². The number of ether oxygens (including phenoxy) is 1. The molecule has 7 heteroatoms. The molecule has 0 spiro atoms. The smallest absolute Gasteiger partial charge is 0.317 e. The van der Waals surface area contributed by atoms with Crippen molar-refractivity contribution in [2.45, 2.75) is 32.8 Å². The van der Waals surface area contributed by atoms with Crippen molar-refractivity contribution < 1.29 is 14.3 Å². The minimum atomic E-state index is -0.158. The lowest BCUT2D eigenvalue weighted by Gasteiger charge is -2.32. The zero-order valence-electron chi connectivity index (χ0n) is 13.8. The Labute approximate surface area is 140 Å². The van der Waals surface area contributed by atoms with Crippen LogP contribution in [0.2, 0.25) is 0 Å². The van der Waals surface area contributed by atoms with Gasteiger partial charge < -0.3 is 14.8 Å². The third-order valence-electron chi connectivity index (χ3n) is 3.92. The molecule has 0 aliphatic carbocycles. The lowest BCUT2D eigenvalue weighted by molar-refractivity contribution is -0.605. The number of nitrogens with zero attached hydrogens (tertiary/aromatic N) is 4. The number of rotatable bonds is 3. The summed E-state index contributed by atoms with van der Waals surface area (Å²) in [7, 11) is 0. The summed E-state index contributed by atoms with van der Waals surface area (Å²) in [5, 5.41) is 11.4. The largest absolute Gasteiger partial charge is 0.619 e. The van der Waals surface area contributed by atoms with E-state index in [-0.39, 0.29) is 12.0 Å². The molecule has 0 radical (unpaired) electrons. The molecular weight excluding hydrogens is 308 g/mol. The van der Waals surface area contributed by atoms with Crippen molar-refractivity contribution in [3.05, 3.63) is 52.8 Å². The highest BCUT2D eigenvalue weighted by Gasteiger charge is 2.27. The van der Waals surface area contributed by atoms with Crippen molar-refractivity contribution in [3.63, 3.8) is 0 Å². The second-order valence-corrected chi connectivity index (χ2v) is 6.02. The van der Waals surface area contributed by atoms with Gasteiger partial charge in [0.1, 0.15) is 11.7 Å². The fraction of sp³-hybridized carbons (Fsp3) is 0.412. The molecule has 0 N–H and O–H groups in total. The summed E-state index contributed by atoms with van der Waals surface area (Å²) in [6.45, 7) is 4.90. The Balaban J connectivity index is 1.69. The van der Waals surface area contributed by atoms with Gasteiger partial charge in [-0.15, -0.1) is 0 Å². The van der Waals surface area contributed by atoms with Gasteiger partial charge in [0, 0.05) is 24.0 Å². The molecule has 1 aliphatic rings. The van der Waals surface area contributed by atoms with Gasteiger partial charge in [0.2, 0.25) is 0 Å². The van der Waals surface area contributed by atoms with Crippen LogP contribution in [-0.4, -0.2) is 40.0 Å². The Hall–Kier alpha value is -2.70. The van der Waals surface area contributed by atoms with E-state index in [1.54, 1.807) is 17.0 Å². The molecule has 1 amide bonds. The summed E-state index contributed by atoms with van der Waals surface area (Å²) in [6.07, 6.45) is 4.19. The molecule has 2 aromatic rings. The Morgan fingerprint density at radius 2 is 2.12 bits per heavy atom. The number of hydrogen-bond acceptors (Lipinski definition) is 5. The van der Waals surface area contributed by atoms with Crippen LogP contribution in [0.4, 0.5) is 0 Å². The summed E-state index contributed by atoms with van der Waals surface area (Å²) in [5.41, 5.74) is 2.09. The molecule has 3 heterocycles. The minimum Gasteiger partial charge on any atom is -0.619 e. The third kappa shape index (κ3) is 3.79. The molecule has 2 aromatic heterocycles. The highest BCUT2D eigenvalue weighted by molar-refractivity contribution is 5.93. The minimum absolute atomic E-state index is 0.146. The van der Waals surface area contributed by atoms with Crippen LogP contribution in [0.1, 0.15) is 34.6 Å². The van der Waals surface area contributed by atoms with Crippen molar-refractivity contribution in [2.24, 2.45) is 0 Å². The number of hydrogen-bond donors (Lipinski definition) is 0. The van der Waals surface area contributed by atoms with Crippen LogP contribution < -0.4 is 9.47 Å². The van der Waals surface area contributed by atoms with Gasteiger partial charge in [-0.2, -0.15) is 4.73 Å². The van der Waals surface area contributed by atoms with E-state index in [1.165, 1.54) is 12.4 Å². The van der Waals surface area contributed by atoms with Gasteiger partial charge in [0.25, 0.3) is 5.91 Å². The lowest BCUT2D eigenvalue weighted by Crippen LogP contribution is -2.45. The highest BCUT2D eigenvalue weighted by atomic mass is 16.5. The lowest BCUT2D eigenvalue weighted by atomic mass is 10.1. The van der Waals surface area contributed by atoms with Crippen molar-refractivity contribution in [3.8, 4) is 6.01 Å². The van der Waals surface area contributed by atoms with Crippen LogP contribution in [0.5, 0.6) is 6.01 Å². The fourth-order valence-corrected chi connectivity index (χ4v) is 2.88. The van der Waals surface area contributed by atoms with Crippen molar-refractivity contribution >= 4 is 5.91 Å². The topological polar surface area (TPSA) is 82.3 Å². The van der Waals surface area contributed by atoms with Gasteiger partial charge in [-0.3, -0.25) is 4.79 Å². The van der Waals surface area contributed by atoms with Gasteiger partial charge in [-0.25, -0.2) is 9.97 Å². The van der Waals surface area contributed by atoms with Gasteiger partial charge in [-0.1, -0.05) is 0 Å². The van der Waals surface area contributed by atoms with Crippen molar-refractivity contribution in [1.82, 2.24) is 14.9 Å². The quantitative estimate of drug-likeness (QED) is 0.628. The maximum atomic E-state index is 12.5. The van der Waals surface area contributed by atoms with E-state index in [9.17, 15) is 10.0 Å². The maximum Gasteiger partial charge on any atom is 0.317 e. The van der Waals surface area contributed by atoms with Crippen molar-refractivity contribution in [1.29, 1.82) is 0 Å². The molecule has 1 aliphatic heterocycles. The van der Waals surface area contributed by atoms with Crippen LogP contribution >= 0.6 is 0 Å². The van der Waals surface area contributed by atoms with Crippen LogP contribution in [0.3, 0.4) is 0 Å². The standard InChI is InChI=1S/C17H20N4O3/c1-12-9-13(2)19-17(18-12)24-15-6-4-7-20(11-15)16(22)14-5-3-8-21(23)10-14/h3,5,8-10,15H,4,6-7,11H2,1-2H3. The van der Waals surface area contributed by atoms with Crippen LogP contribution in [0, 0.1) is 19.1 Å². The van der Waals surface area contributed by atoms with Crippen LogP contribution in [-0.2, 0) is 0 Å². The van der Waals surface area contributed by atoms with Gasteiger partial charge >= 0.3 is 6.01 Å². The first-order valence-corrected chi connectivity index (χ1v) is 7.98. The average Bonchev–Trinajstić information content (AvgIpc) is 2.53. The molecular formula is C17H20N4O3. The van der Waals surface area contributed by atoms with E-state index in [4.69, 9.17) is 4.74 Å². The number of aryl methyl sites for hydroxylation is 2. The number of carbonyl (C=O) groups is 1. The summed E-state index contributed by atoms with van der Waals surface area (Å²) in [4.78, 5) is 22.8. The van der Waals surface area contributed by atoms with Crippen LogP contribution in [0.25, 0.3) is 0 Å². The molecule has 1 saturated heterocycles. The van der Waals surface area contributed by atoms with Gasteiger partial charge in [-0.05, 0) is 38.8 Å². The Bertz CT molecular complexity index is 730. The normalized spacial score (nSPS) is 17.6. The fourth-order valence-electron chi connectivity index (χ4n) is 2.88. The summed E-state index contributed by atoms with van der Waals surface area (Å²) < 4.78 is 6.51. The molecule has 1 unspecified atom stereocenters. The number of carbonyl (C=O) groups excluding carboxylic acids is 1. The molecule has 0 bridgehead atoms. The van der Waals surface area contributed by atoms with E-state index in [0.29, 0.717) is 29.4 Å². The van der Waals surface area contributed by atoms with Gasteiger partial charge in [0.15, 0.2) is 12.4 Å². The molecule has 7 nitrogen and oxygen atoms in total. The summed E-state index contributed by atoms with van der Waals surface area (Å²) in [6, 6.07) is 5.45. The molecule has 3 rings (SSSR count). The number of pyridine rings is 1. The summed E-state index contributed by atoms with van der Waals surface area (Å²) in [5.74, 6) is -0.158. The number of amides is 1. The predicted octanol–water partition coefficient (Wildman–Crippen LogP) is 1.41. The summed E-state index contributed by atoms with van der Waals surface area (Å²) >= 11 is 0. The monoisotopic (exact) mass is 328 g/mol. The SMILES string of the molecule is Cc1cc(C)nc(OC2CCCN(C(=O)c3ccc[n+]([O-])c3)C2)n1. The van der Waals surface area contributed by atoms with E-state index in [1.807, 2.05) is 19.9 Å². The molecule has 1 atom stereocenters. The zero-order valence-corrected chi connectivity index (χ0v) is 13.8. The Morgan fingerprint density at radius 3 is 2.83 bits per heavy atom. The number of likely N-dealkylation sites (tertiary alicyclic amines) is 1. The predicted molar refractivity (Wildman–Crippen MR) is 86.5 cm³/mol. The Kier molecular flexibility index (Phi) is 4.59. The maximum absolute atomic E-state index is 12.5. The molecule has 1 fully saturated rings. The average molecular weight is 328 g/mol. The van der Waals surface area contributed by atoms with Gasteiger partial charge in [0.05, 0.1) is 6.54 Å². The first kappa shape index (κ1) is 16.2. The Morgan fingerprint density at radius 1 is 1.38 bits per heavy atom. The molecule has 0 aromatic carbocycles. The molecule has 24 heavy (non-hydrogen) atoms. The molecule has 126 valence electrons. The second kappa shape index (κ2) is 6.82. The van der Waals surface area contributed by atoms with Crippen LogP contribution in [0.15, 0.2) is 30.6 Å². The number of piperidine rings is 1. The van der Waals surface area contributed by atoms with E-state index in [2.05, 4.69) is 9.97 Å².